The normalized spacial score (nSPS) is 16.1. The van der Waals surface area contributed by atoms with Crippen molar-refractivity contribution < 1.29 is 9.59 Å². The number of amides is 1. The maximum Gasteiger partial charge on any atom is 0.221 e. The van der Waals surface area contributed by atoms with Crippen LogP contribution in [0.15, 0.2) is 22.7 Å². The lowest BCUT2D eigenvalue weighted by Crippen LogP contribution is -2.28. The maximum atomic E-state index is 11.3. The van der Waals surface area contributed by atoms with E-state index in [4.69, 9.17) is 0 Å². The van der Waals surface area contributed by atoms with Gasteiger partial charge in [0.15, 0.2) is 5.78 Å². The van der Waals surface area contributed by atoms with Gasteiger partial charge in [0.1, 0.15) is 0 Å². The third-order valence-corrected chi connectivity index (χ3v) is 3.64. The average molecular weight is 311 g/mol. The number of benzene rings is 1. The van der Waals surface area contributed by atoms with Crippen molar-refractivity contribution in [3.05, 3.63) is 28.2 Å². The summed E-state index contributed by atoms with van der Waals surface area (Å²) in [7, 11) is 0. The summed E-state index contributed by atoms with van der Waals surface area (Å²) in [5, 5.41) is 2.84. The Hall–Kier alpha value is -1.36. The lowest BCUT2D eigenvalue weighted by atomic mass is 10.1. The number of nitrogens with one attached hydrogen (secondary N) is 1. The molecule has 0 saturated carbocycles. The molecule has 0 aromatic heterocycles. The lowest BCUT2D eigenvalue weighted by Gasteiger charge is -2.23. The van der Waals surface area contributed by atoms with Crippen LogP contribution in [0.2, 0.25) is 0 Å². The first kappa shape index (κ1) is 13.1. The van der Waals surface area contributed by atoms with Crippen LogP contribution in [0.1, 0.15) is 23.7 Å². The van der Waals surface area contributed by atoms with Gasteiger partial charge >= 0.3 is 0 Å². The Bertz CT molecular complexity index is 488. The standard InChI is InChI=1S/C13H15BrN2O2/c1-9(17)10-2-3-12(11(14)8-10)16-6-4-13(18)15-5-7-16/h2-3,8H,4-7H2,1H3,(H,15,18). The number of ketones is 1. The number of halogens is 1. The van der Waals surface area contributed by atoms with E-state index < -0.39 is 0 Å². The molecular formula is C13H15BrN2O2. The molecule has 1 amide bonds. The topological polar surface area (TPSA) is 49.4 Å². The molecular weight excluding hydrogens is 296 g/mol. The monoisotopic (exact) mass is 310 g/mol. The molecule has 96 valence electrons. The molecule has 1 aromatic rings. The van der Waals surface area contributed by atoms with Gasteiger partial charge in [-0.3, -0.25) is 9.59 Å². The number of hydrogen-bond donors (Lipinski definition) is 1. The van der Waals surface area contributed by atoms with Crippen LogP contribution in [0.25, 0.3) is 0 Å². The Balaban J connectivity index is 2.22. The molecule has 1 heterocycles. The largest absolute Gasteiger partial charge is 0.368 e. The van der Waals surface area contributed by atoms with Crippen LogP contribution in [-0.4, -0.2) is 31.3 Å². The molecule has 2 rings (SSSR count). The van der Waals surface area contributed by atoms with Crippen molar-refractivity contribution in [1.29, 1.82) is 0 Å². The summed E-state index contributed by atoms with van der Waals surface area (Å²) in [6.07, 6.45) is 0.501. The van der Waals surface area contributed by atoms with Gasteiger partial charge in [-0.1, -0.05) is 0 Å². The van der Waals surface area contributed by atoms with Gasteiger partial charge in [-0.05, 0) is 41.1 Å². The van der Waals surface area contributed by atoms with E-state index in [1.54, 1.807) is 6.92 Å². The average Bonchev–Trinajstić information content (AvgIpc) is 2.54. The number of anilines is 1. The first-order valence-corrected chi connectivity index (χ1v) is 6.69. The molecule has 0 atom stereocenters. The molecule has 1 aliphatic rings. The van der Waals surface area contributed by atoms with E-state index in [9.17, 15) is 9.59 Å². The summed E-state index contributed by atoms with van der Waals surface area (Å²) in [5.74, 6) is 0.143. The van der Waals surface area contributed by atoms with Crippen LogP contribution in [0.5, 0.6) is 0 Å². The van der Waals surface area contributed by atoms with Gasteiger partial charge in [0.05, 0.1) is 5.69 Å². The van der Waals surface area contributed by atoms with Crippen molar-refractivity contribution in [1.82, 2.24) is 5.32 Å². The van der Waals surface area contributed by atoms with Crippen molar-refractivity contribution in [3.63, 3.8) is 0 Å². The van der Waals surface area contributed by atoms with Crippen molar-refractivity contribution in [2.75, 3.05) is 24.5 Å². The fourth-order valence-corrected chi connectivity index (χ4v) is 2.62. The molecule has 1 aliphatic heterocycles. The summed E-state index contributed by atoms with van der Waals surface area (Å²) >= 11 is 3.49. The number of carbonyl (C=O) groups excluding carboxylic acids is 2. The van der Waals surface area contributed by atoms with Crippen molar-refractivity contribution >= 4 is 33.3 Å². The highest BCUT2D eigenvalue weighted by atomic mass is 79.9. The molecule has 4 nitrogen and oxygen atoms in total. The summed E-state index contributed by atoms with van der Waals surface area (Å²) in [5.41, 5.74) is 1.71. The first-order chi connectivity index (χ1) is 8.58. The number of rotatable bonds is 2. The predicted molar refractivity (Wildman–Crippen MR) is 74.0 cm³/mol. The highest BCUT2D eigenvalue weighted by Crippen LogP contribution is 2.28. The predicted octanol–water partition coefficient (Wildman–Crippen LogP) is 1.98. The molecule has 1 aromatic carbocycles. The van der Waals surface area contributed by atoms with E-state index in [0.717, 1.165) is 16.7 Å². The van der Waals surface area contributed by atoms with E-state index in [1.165, 1.54) is 0 Å². The van der Waals surface area contributed by atoms with E-state index in [-0.39, 0.29) is 11.7 Å². The second kappa shape index (κ2) is 5.52. The third-order valence-electron chi connectivity index (χ3n) is 3.01. The van der Waals surface area contributed by atoms with Crippen molar-refractivity contribution in [2.24, 2.45) is 0 Å². The van der Waals surface area contributed by atoms with Crippen LogP contribution in [0.4, 0.5) is 5.69 Å². The van der Waals surface area contributed by atoms with Gasteiger partial charge in [0.2, 0.25) is 5.91 Å². The highest BCUT2D eigenvalue weighted by Gasteiger charge is 2.16. The Morgan fingerprint density at radius 2 is 2.17 bits per heavy atom. The Morgan fingerprint density at radius 3 is 2.83 bits per heavy atom. The van der Waals surface area contributed by atoms with Crippen LogP contribution < -0.4 is 10.2 Å². The second-order valence-corrected chi connectivity index (χ2v) is 5.16. The summed E-state index contributed by atoms with van der Waals surface area (Å²) in [6.45, 7) is 3.68. The van der Waals surface area contributed by atoms with E-state index in [2.05, 4.69) is 26.1 Å². The Kier molecular flexibility index (Phi) is 4.01. The van der Waals surface area contributed by atoms with Gasteiger partial charge in [0.25, 0.3) is 0 Å². The molecule has 18 heavy (non-hydrogen) atoms. The zero-order valence-electron chi connectivity index (χ0n) is 10.2. The molecule has 1 fully saturated rings. The van der Waals surface area contributed by atoms with Crippen LogP contribution in [0, 0.1) is 0 Å². The number of hydrogen-bond acceptors (Lipinski definition) is 3. The molecule has 0 aliphatic carbocycles. The summed E-state index contributed by atoms with van der Waals surface area (Å²) in [4.78, 5) is 24.7. The zero-order chi connectivity index (χ0) is 13.1. The van der Waals surface area contributed by atoms with Gasteiger partial charge in [-0.15, -0.1) is 0 Å². The molecule has 0 spiro atoms. The van der Waals surface area contributed by atoms with E-state index >= 15 is 0 Å². The quantitative estimate of drug-likeness (QED) is 0.850. The maximum absolute atomic E-state index is 11.3. The summed E-state index contributed by atoms with van der Waals surface area (Å²) < 4.78 is 0.893. The number of carbonyl (C=O) groups is 2. The smallest absolute Gasteiger partial charge is 0.221 e. The number of nitrogens with zero attached hydrogens (tertiary/aromatic N) is 1. The first-order valence-electron chi connectivity index (χ1n) is 5.90. The Labute approximate surface area is 114 Å². The van der Waals surface area contributed by atoms with Crippen LogP contribution in [0.3, 0.4) is 0 Å². The minimum atomic E-state index is 0.0509. The highest BCUT2D eigenvalue weighted by molar-refractivity contribution is 9.10. The minimum Gasteiger partial charge on any atom is -0.368 e. The minimum absolute atomic E-state index is 0.0509. The summed E-state index contributed by atoms with van der Waals surface area (Å²) in [6, 6.07) is 5.58. The lowest BCUT2D eigenvalue weighted by molar-refractivity contribution is -0.120. The van der Waals surface area contributed by atoms with Gasteiger partial charge in [-0.25, -0.2) is 0 Å². The zero-order valence-corrected chi connectivity index (χ0v) is 11.8. The Morgan fingerprint density at radius 1 is 1.39 bits per heavy atom. The van der Waals surface area contributed by atoms with Crippen LogP contribution in [-0.2, 0) is 4.79 Å². The van der Waals surface area contributed by atoms with E-state index in [0.29, 0.717) is 25.1 Å². The number of Topliss-reactive ketones (excluding diaryl/α,β-unsaturated/α-hetero) is 1. The van der Waals surface area contributed by atoms with Crippen molar-refractivity contribution in [3.8, 4) is 0 Å². The SMILES string of the molecule is CC(=O)c1ccc(N2CCNC(=O)CC2)c(Br)c1. The molecule has 0 radical (unpaired) electrons. The molecule has 1 saturated heterocycles. The fourth-order valence-electron chi connectivity index (χ4n) is 1.99. The molecule has 1 N–H and O–H groups in total. The van der Waals surface area contributed by atoms with Gasteiger partial charge in [-0.2, -0.15) is 0 Å². The molecule has 5 heteroatoms. The molecule has 0 unspecified atom stereocenters. The van der Waals surface area contributed by atoms with Gasteiger partial charge in [0, 0.05) is 36.1 Å². The third kappa shape index (κ3) is 2.90. The van der Waals surface area contributed by atoms with E-state index in [1.807, 2.05) is 18.2 Å². The second-order valence-electron chi connectivity index (χ2n) is 4.31. The molecule has 0 bridgehead atoms. The van der Waals surface area contributed by atoms with Crippen molar-refractivity contribution in [2.45, 2.75) is 13.3 Å². The van der Waals surface area contributed by atoms with Crippen LogP contribution >= 0.6 is 15.9 Å². The fraction of sp³-hybridized carbons (Fsp3) is 0.385. The van der Waals surface area contributed by atoms with Gasteiger partial charge < -0.3 is 10.2 Å².